The molecule has 3 aromatic carbocycles. The molecule has 160 valence electrons. The summed E-state index contributed by atoms with van der Waals surface area (Å²) >= 11 is 0. The lowest BCUT2D eigenvalue weighted by Crippen LogP contribution is -2.19. The number of anilines is 2. The molecule has 4 rings (SSSR count). The van der Waals surface area contributed by atoms with Crippen LogP contribution in [0.3, 0.4) is 0 Å². The summed E-state index contributed by atoms with van der Waals surface area (Å²) in [6.45, 7) is 6.06. The lowest BCUT2D eigenvalue weighted by atomic mass is 10.0. The second-order valence-corrected chi connectivity index (χ2v) is 8.10. The molecule has 0 bridgehead atoms. The van der Waals surface area contributed by atoms with Crippen molar-refractivity contribution >= 4 is 17.5 Å². The molecule has 1 aliphatic heterocycles. The number of carbonyl (C=O) groups excluding carboxylic acids is 1. The van der Waals surface area contributed by atoms with Crippen LogP contribution in [0.15, 0.2) is 66.7 Å². The number of hydrogen-bond acceptors (Lipinski definition) is 4. The first kappa shape index (κ1) is 20.8. The van der Waals surface area contributed by atoms with E-state index in [1.54, 1.807) is 7.11 Å². The highest BCUT2D eigenvalue weighted by molar-refractivity contribution is 5.86. The number of benzene rings is 3. The maximum absolute atomic E-state index is 12.3. The van der Waals surface area contributed by atoms with Crippen LogP contribution >= 0.6 is 0 Å². The van der Waals surface area contributed by atoms with Crippen LogP contribution in [-0.4, -0.2) is 19.7 Å². The van der Waals surface area contributed by atoms with Gasteiger partial charge in [0.25, 0.3) is 0 Å². The monoisotopic (exact) mass is 416 g/mol. The predicted molar refractivity (Wildman–Crippen MR) is 124 cm³/mol. The minimum absolute atomic E-state index is 0.455. The first-order chi connectivity index (χ1) is 15.0. The second kappa shape index (κ2) is 9.13. The molecule has 0 unspecified atom stereocenters. The van der Waals surface area contributed by atoms with Crippen LogP contribution in [0.1, 0.15) is 36.5 Å². The van der Waals surface area contributed by atoms with Gasteiger partial charge in [0.15, 0.2) is 0 Å². The fourth-order valence-corrected chi connectivity index (χ4v) is 3.83. The van der Waals surface area contributed by atoms with Gasteiger partial charge in [0.05, 0.1) is 7.11 Å². The number of nitrogens with one attached hydrogen (secondary N) is 1. The van der Waals surface area contributed by atoms with E-state index in [0.717, 1.165) is 30.9 Å². The van der Waals surface area contributed by atoms with Crippen LogP contribution in [-0.2, 0) is 13.0 Å². The van der Waals surface area contributed by atoms with Crippen molar-refractivity contribution < 1.29 is 14.3 Å². The largest absolute Gasteiger partial charge is 0.497 e. The number of ether oxygens (including phenoxy) is 2. The zero-order valence-electron chi connectivity index (χ0n) is 18.2. The summed E-state index contributed by atoms with van der Waals surface area (Å²) in [5, 5.41) is 2.79. The molecule has 3 aromatic rings. The van der Waals surface area contributed by atoms with Gasteiger partial charge >= 0.3 is 6.09 Å². The van der Waals surface area contributed by atoms with Crippen LogP contribution < -0.4 is 19.7 Å². The number of nitrogens with zero attached hydrogens (tertiary/aromatic N) is 1. The Balaban J connectivity index is 1.37. The van der Waals surface area contributed by atoms with Crippen molar-refractivity contribution in [3.05, 3.63) is 83.4 Å². The SMILES string of the molecule is COc1ccc(CN2CCc3cc(OC(=O)Nc4ccc(C(C)C)cc4)ccc32)cc1. The van der Waals surface area contributed by atoms with E-state index < -0.39 is 6.09 Å². The molecule has 1 heterocycles. The molecule has 5 heteroatoms. The zero-order valence-corrected chi connectivity index (χ0v) is 18.2. The third kappa shape index (κ3) is 5.00. The Bertz CT molecular complexity index is 1040. The maximum Gasteiger partial charge on any atom is 0.417 e. The Morgan fingerprint density at radius 3 is 2.39 bits per heavy atom. The van der Waals surface area contributed by atoms with Crippen molar-refractivity contribution in [1.29, 1.82) is 0 Å². The van der Waals surface area contributed by atoms with E-state index in [9.17, 15) is 4.79 Å². The van der Waals surface area contributed by atoms with Gasteiger partial charge in [-0.25, -0.2) is 4.79 Å². The Labute approximate surface area is 183 Å². The number of rotatable bonds is 6. The van der Waals surface area contributed by atoms with E-state index in [1.807, 2.05) is 54.6 Å². The molecular formula is C26H28N2O3. The average molecular weight is 417 g/mol. The van der Waals surface area contributed by atoms with Gasteiger partial charge in [0.1, 0.15) is 11.5 Å². The fourth-order valence-electron chi connectivity index (χ4n) is 3.83. The summed E-state index contributed by atoms with van der Waals surface area (Å²) < 4.78 is 10.7. The lowest BCUT2D eigenvalue weighted by molar-refractivity contribution is 0.215. The molecule has 0 radical (unpaired) electrons. The van der Waals surface area contributed by atoms with Crippen LogP contribution in [0.25, 0.3) is 0 Å². The van der Waals surface area contributed by atoms with Gasteiger partial charge in [-0.15, -0.1) is 0 Å². The molecule has 5 nitrogen and oxygen atoms in total. The molecule has 1 amide bonds. The van der Waals surface area contributed by atoms with E-state index in [1.165, 1.54) is 22.4 Å². The van der Waals surface area contributed by atoms with Crippen molar-refractivity contribution in [1.82, 2.24) is 0 Å². The number of fused-ring (bicyclic) bond motifs is 1. The van der Waals surface area contributed by atoms with Crippen molar-refractivity contribution in [2.45, 2.75) is 32.7 Å². The Morgan fingerprint density at radius 2 is 1.71 bits per heavy atom. The summed E-state index contributed by atoms with van der Waals surface area (Å²) in [4.78, 5) is 14.6. The van der Waals surface area contributed by atoms with E-state index in [0.29, 0.717) is 11.7 Å². The van der Waals surface area contributed by atoms with Gasteiger partial charge in [-0.3, -0.25) is 5.32 Å². The Kier molecular flexibility index (Phi) is 6.12. The minimum atomic E-state index is -0.481. The van der Waals surface area contributed by atoms with Gasteiger partial charge in [0, 0.05) is 24.5 Å². The molecule has 0 fully saturated rings. The molecule has 1 aliphatic rings. The highest BCUT2D eigenvalue weighted by atomic mass is 16.6. The minimum Gasteiger partial charge on any atom is -0.497 e. The Morgan fingerprint density at radius 1 is 1.00 bits per heavy atom. The number of amides is 1. The van der Waals surface area contributed by atoms with E-state index in [2.05, 4.69) is 36.2 Å². The average Bonchev–Trinajstić information content (AvgIpc) is 3.16. The molecule has 0 saturated heterocycles. The van der Waals surface area contributed by atoms with Gasteiger partial charge in [-0.2, -0.15) is 0 Å². The predicted octanol–water partition coefficient (Wildman–Crippen LogP) is 5.99. The van der Waals surface area contributed by atoms with Crippen molar-refractivity contribution in [3.8, 4) is 11.5 Å². The van der Waals surface area contributed by atoms with E-state index >= 15 is 0 Å². The van der Waals surface area contributed by atoms with Crippen molar-refractivity contribution in [3.63, 3.8) is 0 Å². The standard InChI is InChI=1S/C26H28N2O3/c1-18(2)20-6-8-22(9-7-20)27-26(29)31-24-12-13-25-21(16-24)14-15-28(25)17-19-4-10-23(30-3)11-5-19/h4-13,16,18H,14-15,17H2,1-3H3,(H,27,29). The third-order valence-electron chi connectivity index (χ3n) is 5.61. The summed E-state index contributed by atoms with van der Waals surface area (Å²) in [5.41, 5.74) is 5.57. The highest BCUT2D eigenvalue weighted by Gasteiger charge is 2.20. The summed E-state index contributed by atoms with van der Waals surface area (Å²) in [7, 11) is 1.67. The molecular weight excluding hydrogens is 388 g/mol. The molecule has 1 N–H and O–H groups in total. The molecule has 0 atom stereocenters. The van der Waals surface area contributed by atoms with Crippen LogP contribution in [0.4, 0.5) is 16.2 Å². The number of carbonyl (C=O) groups is 1. The van der Waals surface area contributed by atoms with Gasteiger partial charge in [-0.05, 0) is 71.5 Å². The summed E-state index contributed by atoms with van der Waals surface area (Å²) in [6, 6.07) is 21.8. The topological polar surface area (TPSA) is 50.8 Å². The van der Waals surface area contributed by atoms with Crippen molar-refractivity contribution in [2.75, 3.05) is 23.9 Å². The van der Waals surface area contributed by atoms with E-state index in [-0.39, 0.29) is 0 Å². The molecule has 0 saturated carbocycles. The van der Waals surface area contributed by atoms with Crippen LogP contribution in [0.2, 0.25) is 0 Å². The van der Waals surface area contributed by atoms with Gasteiger partial charge < -0.3 is 14.4 Å². The summed E-state index contributed by atoms with van der Waals surface area (Å²) in [5.74, 6) is 1.87. The zero-order chi connectivity index (χ0) is 21.8. The van der Waals surface area contributed by atoms with Crippen molar-refractivity contribution in [2.24, 2.45) is 0 Å². The highest BCUT2D eigenvalue weighted by Crippen LogP contribution is 2.32. The first-order valence-electron chi connectivity index (χ1n) is 10.6. The number of methoxy groups -OCH3 is 1. The molecule has 31 heavy (non-hydrogen) atoms. The second-order valence-electron chi connectivity index (χ2n) is 8.10. The van der Waals surface area contributed by atoms with Crippen LogP contribution in [0, 0.1) is 0 Å². The smallest absolute Gasteiger partial charge is 0.417 e. The first-order valence-corrected chi connectivity index (χ1v) is 10.6. The van der Waals surface area contributed by atoms with Gasteiger partial charge in [0.2, 0.25) is 0 Å². The van der Waals surface area contributed by atoms with E-state index in [4.69, 9.17) is 9.47 Å². The number of hydrogen-bond donors (Lipinski definition) is 1. The summed E-state index contributed by atoms with van der Waals surface area (Å²) in [6.07, 6.45) is 0.450. The van der Waals surface area contributed by atoms with Gasteiger partial charge in [-0.1, -0.05) is 38.1 Å². The fraction of sp³-hybridized carbons (Fsp3) is 0.269. The molecule has 0 aliphatic carbocycles. The third-order valence-corrected chi connectivity index (χ3v) is 5.61. The molecule has 0 spiro atoms. The maximum atomic E-state index is 12.3. The normalized spacial score (nSPS) is 12.6. The quantitative estimate of drug-likeness (QED) is 0.536. The lowest BCUT2D eigenvalue weighted by Gasteiger charge is -2.20. The Hall–Kier alpha value is -3.47. The molecule has 0 aromatic heterocycles. The van der Waals surface area contributed by atoms with Crippen LogP contribution in [0.5, 0.6) is 11.5 Å².